The molecule has 1 N–H and O–H groups in total. The van der Waals surface area contributed by atoms with E-state index in [2.05, 4.69) is 25.3 Å². The van der Waals surface area contributed by atoms with E-state index in [1.54, 1.807) is 37.2 Å². The summed E-state index contributed by atoms with van der Waals surface area (Å²) in [5, 5.41) is 6.70. The fourth-order valence-electron chi connectivity index (χ4n) is 2.41. The van der Waals surface area contributed by atoms with E-state index in [0.29, 0.717) is 49.3 Å². The highest BCUT2D eigenvalue weighted by molar-refractivity contribution is 5.90. The van der Waals surface area contributed by atoms with Gasteiger partial charge in [0.15, 0.2) is 5.76 Å². The molecule has 0 aromatic carbocycles. The second kappa shape index (κ2) is 6.00. The van der Waals surface area contributed by atoms with Crippen LogP contribution in [0.15, 0.2) is 23.0 Å². The summed E-state index contributed by atoms with van der Waals surface area (Å²) in [7, 11) is 0. The normalized spacial score (nSPS) is 15.0. The summed E-state index contributed by atoms with van der Waals surface area (Å²) in [5.74, 6) is 1.32. The third kappa shape index (κ3) is 2.85. The van der Waals surface area contributed by atoms with Crippen molar-refractivity contribution in [1.82, 2.24) is 20.0 Å². The molecule has 8 nitrogen and oxygen atoms in total. The van der Waals surface area contributed by atoms with Crippen molar-refractivity contribution >= 4 is 17.7 Å². The molecule has 2 aromatic rings. The number of piperazine rings is 1. The van der Waals surface area contributed by atoms with Crippen molar-refractivity contribution < 1.29 is 9.32 Å². The molecule has 1 fully saturated rings. The zero-order valence-corrected chi connectivity index (χ0v) is 12.6. The lowest BCUT2D eigenvalue weighted by atomic mass is 10.3. The number of aryl methyl sites for hydroxylation is 2. The Morgan fingerprint density at radius 1 is 1.18 bits per heavy atom. The van der Waals surface area contributed by atoms with Gasteiger partial charge in [0.1, 0.15) is 11.4 Å². The summed E-state index contributed by atoms with van der Waals surface area (Å²) in [4.78, 5) is 24.6. The monoisotopic (exact) mass is 302 g/mol. The molecule has 1 saturated heterocycles. The molecule has 3 rings (SSSR count). The first-order valence-corrected chi connectivity index (χ1v) is 7.16. The van der Waals surface area contributed by atoms with Crippen molar-refractivity contribution in [3.05, 3.63) is 29.9 Å². The van der Waals surface area contributed by atoms with E-state index in [1.165, 1.54) is 0 Å². The van der Waals surface area contributed by atoms with Crippen LogP contribution in [-0.4, -0.2) is 52.2 Å². The molecule has 0 bridgehead atoms. The van der Waals surface area contributed by atoms with Crippen LogP contribution >= 0.6 is 0 Å². The highest BCUT2D eigenvalue weighted by Crippen LogP contribution is 2.19. The van der Waals surface area contributed by atoms with Crippen LogP contribution in [0, 0.1) is 13.8 Å². The average Bonchev–Trinajstić information content (AvgIpc) is 2.88. The third-order valence-corrected chi connectivity index (χ3v) is 3.67. The molecule has 116 valence electrons. The van der Waals surface area contributed by atoms with Crippen molar-refractivity contribution in [2.45, 2.75) is 13.8 Å². The minimum absolute atomic E-state index is 0.136. The molecule has 2 aromatic heterocycles. The predicted molar refractivity (Wildman–Crippen MR) is 80.8 cm³/mol. The number of nitrogens with one attached hydrogen (secondary N) is 1. The molecule has 22 heavy (non-hydrogen) atoms. The molecule has 3 heterocycles. The SMILES string of the molecule is Cc1noc(C)c1NC(=O)N1CCN(c2ncccn2)CC1. The van der Waals surface area contributed by atoms with Gasteiger partial charge in [0.2, 0.25) is 5.95 Å². The first-order valence-electron chi connectivity index (χ1n) is 7.16. The van der Waals surface area contributed by atoms with Crippen LogP contribution in [0.4, 0.5) is 16.4 Å². The quantitative estimate of drug-likeness (QED) is 0.903. The Morgan fingerprint density at radius 3 is 2.45 bits per heavy atom. The zero-order valence-electron chi connectivity index (χ0n) is 12.6. The van der Waals surface area contributed by atoms with Gasteiger partial charge in [-0.05, 0) is 19.9 Å². The molecule has 0 spiro atoms. The first kappa shape index (κ1) is 14.3. The van der Waals surface area contributed by atoms with Gasteiger partial charge in [-0.25, -0.2) is 14.8 Å². The minimum atomic E-state index is -0.136. The molecule has 2 amide bonds. The molecule has 8 heteroatoms. The Morgan fingerprint density at radius 2 is 1.86 bits per heavy atom. The highest BCUT2D eigenvalue weighted by atomic mass is 16.5. The number of nitrogens with zero attached hydrogens (tertiary/aromatic N) is 5. The lowest BCUT2D eigenvalue weighted by Gasteiger charge is -2.34. The maximum absolute atomic E-state index is 12.3. The van der Waals surface area contributed by atoms with E-state index < -0.39 is 0 Å². The fourth-order valence-corrected chi connectivity index (χ4v) is 2.41. The highest BCUT2D eigenvalue weighted by Gasteiger charge is 2.23. The Labute approximate surface area is 128 Å². The Hall–Kier alpha value is -2.64. The number of aromatic nitrogens is 3. The van der Waals surface area contributed by atoms with Crippen LogP contribution in [0.25, 0.3) is 0 Å². The predicted octanol–water partition coefficient (Wildman–Crippen LogP) is 1.44. The van der Waals surface area contributed by atoms with Gasteiger partial charge in [0.25, 0.3) is 0 Å². The maximum Gasteiger partial charge on any atom is 0.322 e. The number of rotatable bonds is 2. The number of hydrogen-bond donors (Lipinski definition) is 1. The van der Waals surface area contributed by atoms with Crippen molar-refractivity contribution in [2.24, 2.45) is 0 Å². The lowest BCUT2D eigenvalue weighted by molar-refractivity contribution is 0.208. The van der Waals surface area contributed by atoms with Crippen LogP contribution in [0.1, 0.15) is 11.5 Å². The lowest BCUT2D eigenvalue weighted by Crippen LogP contribution is -2.50. The average molecular weight is 302 g/mol. The van der Waals surface area contributed by atoms with Crippen LogP contribution in [-0.2, 0) is 0 Å². The van der Waals surface area contributed by atoms with Gasteiger partial charge in [-0.1, -0.05) is 5.16 Å². The maximum atomic E-state index is 12.3. The first-order chi connectivity index (χ1) is 10.6. The molecular weight excluding hydrogens is 284 g/mol. The van der Waals surface area contributed by atoms with E-state index in [-0.39, 0.29) is 6.03 Å². The van der Waals surface area contributed by atoms with Crippen LogP contribution in [0.2, 0.25) is 0 Å². The van der Waals surface area contributed by atoms with E-state index >= 15 is 0 Å². The summed E-state index contributed by atoms with van der Waals surface area (Å²) in [6.45, 7) is 6.23. The van der Waals surface area contributed by atoms with Crippen molar-refractivity contribution in [3.8, 4) is 0 Å². The van der Waals surface area contributed by atoms with E-state index in [0.717, 1.165) is 0 Å². The van der Waals surface area contributed by atoms with E-state index in [1.807, 2.05) is 0 Å². The van der Waals surface area contributed by atoms with Crippen LogP contribution in [0.5, 0.6) is 0 Å². The van der Waals surface area contributed by atoms with Gasteiger partial charge in [0, 0.05) is 38.6 Å². The topological polar surface area (TPSA) is 87.4 Å². The number of anilines is 2. The molecule has 0 aliphatic carbocycles. The standard InChI is InChI=1S/C14H18N6O2/c1-10-12(11(2)22-18-10)17-14(21)20-8-6-19(7-9-20)13-15-4-3-5-16-13/h3-5H,6-9H2,1-2H3,(H,17,21). The number of carbonyl (C=O) groups excluding carboxylic acids is 1. The molecule has 0 atom stereocenters. The van der Waals surface area contributed by atoms with Crippen LogP contribution < -0.4 is 10.2 Å². The molecule has 1 aliphatic rings. The molecular formula is C14H18N6O2. The zero-order chi connectivity index (χ0) is 15.5. The molecule has 0 radical (unpaired) electrons. The second-order valence-corrected chi connectivity index (χ2v) is 5.15. The summed E-state index contributed by atoms with van der Waals surface area (Å²) in [5.41, 5.74) is 1.33. The molecule has 0 saturated carbocycles. The van der Waals surface area contributed by atoms with Crippen molar-refractivity contribution in [2.75, 3.05) is 36.4 Å². The molecule has 0 unspecified atom stereocenters. The minimum Gasteiger partial charge on any atom is -0.359 e. The Balaban J connectivity index is 1.58. The molecule has 1 aliphatic heterocycles. The number of urea groups is 1. The smallest absolute Gasteiger partial charge is 0.322 e. The third-order valence-electron chi connectivity index (χ3n) is 3.67. The van der Waals surface area contributed by atoms with Crippen LogP contribution in [0.3, 0.4) is 0 Å². The summed E-state index contributed by atoms with van der Waals surface area (Å²) in [6, 6.07) is 1.65. The number of hydrogen-bond acceptors (Lipinski definition) is 6. The van der Waals surface area contributed by atoms with Gasteiger partial charge in [-0.2, -0.15) is 0 Å². The van der Waals surface area contributed by atoms with E-state index in [9.17, 15) is 4.79 Å². The second-order valence-electron chi connectivity index (χ2n) is 5.15. The van der Waals surface area contributed by atoms with Crippen molar-refractivity contribution in [3.63, 3.8) is 0 Å². The summed E-state index contributed by atoms with van der Waals surface area (Å²) < 4.78 is 5.05. The van der Waals surface area contributed by atoms with Gasteiger partial charge in [-0.3, -0.25) is 0 Å². The number of carbonyl (C=O) groups is 1. The summed E-state index contributed by atoms with van der Waals surface area (Å²) in [6.07, 6.45) is 3.44. The Kier molecular flexibility index (Phi) is 3.90. The van der Waals surface area contributed by atoms with Gasteiger partial charge >= 0.3 is 6.03 Å². The fraction of sp³-hybridized carbons (Fsp3) is 0.429. The van der Waals surface area contributed by atoms with Crippen molar-refractivity contribution in [1.29, 1.82) is 0 Å². The van der Waals surface area contributed by atoms with Gasteiger partial charge in [0.05, 0.1) is 0 Å². The van der Waals surface area contributed by atoms with Gasteiger partial charge in [-0.15, -0.1) is 0 Å². The van der Waals surface area contributed by atoms with E-state index in [4.69, 9.17) is 4.52 Å². The number of amides is 2. The largest absolute Gasteiger partial charge is 0.359 e. The van der Waals surface area contributed by atoms with Gasteiger partial charge < -0.3 is 19.6 Å². The summed E-state index contributed by atoms with van der Waals surface area (Å²) >= 11 is 0. The Bertz CT molecular complexity index is 629.